The van der Waals surface area contributed by atoms with E-state index in [1.54, 1.807) is 0 Å². The maximum Gasteiger partial charge on any atom is 0.124 e. The molecule has 0 saturated carbocycles. The molecule has 0 radical (unpaired) electrons. The van der Waals surface area contributed by atoms with E-state index in [1.807, 2.05) is 25.1 Å². The van der Waals surface area contributed by atoms with Gasteiger partial charge < -0.3 is 4.74 Å². The average Bonchev–Trinajstić information content (AvgIpc) is 2.05. The van der Waals surface area contributed by atoms with Gasteiger partial charge in [0.15, 0.2) is 0 Å². The van der Waals surface area contributed by atoms with Crippen molar-refractivity contribution in [2.45, 2.75) is 12.3 Å². The molecule has 0 unspecified atom stereocenters. The van der Waals surface area contributed by atoms with Gasteiger partial charge in [0.1, 0.15) is 5.75 Å². The fraction of sp³-hybridized carbons (Fsp3) is 0.333. The highest BCUT2D eigenvalue weighted by Crippen LogP contribution is 2.28. The Kier molecular flexibility index (Phi) is 3.89. The number of halogens is 2. The van der Waals surface area contributed by atoms with Crippen molar-refractivity contribution < 1.29 is 4.74 Å². The van der Waals surface area contributed by atoms with Crippen LogP contribution in [0.1, 0.15) is 12.5 Å². The van der Waals surface area contributed by atoms with Crippen LogP contribution < -0.4 is 4.74 Å². The van der Waals surface area contributed by atoms with E-state index >= 15 is 0 Å². The van der Waals surface area contributed by atoms with Gasteiger partial charge in [-0.15, -0.1) is 0 Å². The first kappa shape index (κ1) is 9.87. The summed E-state index contributed by atoms with van der Waals surface area (Å²) < 4.78 is 5.39. The number of ether oxygens (including phenoxy) is 1. The first-order valence-corrected chi connectivity index (χ1v) is 5.25. The van der Waals surface area contributed by atoms with E-state index in [2.05, 4.69) is 15.9 Å². The third kappa shape index (κ3) is 2.14. The summed E-state index contributed by atoms with van der Waals surface area (Å²) in [6.45, 7) is 2.62. The van der Waals surface area contributed by atoms with Crippen molar-refractivity contribution >= 4 is 27.5 Å². The first-order chi connectivity index (χ1) is 5.79. The molecule has 1 rings (SSSR count). The zero-order valence-electron chi connectivity index (χ0n) is 6.81. The Labute approximate surface area is 85.8 Å². The summed E-state index contributed by atoms with van der Waals surface area (Å²) in [4.78, 5) is 0. The van der Waals surface area contributed by atoms with E-state index in [4.69, 9.17) is 16.3 Å². The molecule has 0 fully saturated rings. The van der Waals surface area contributed by atoms with Crippen molar-refractivity contribution in [2.24, 2.45) is 0 Å². The van der Waals surface area contributed by atoms with Gasteiger partial charge in [0.05, 0.1) is 6.61 Å². The van der Waals surface area contributed by atoms with Crippen LogP contribution in [0.5, 0.6) is 5.75 Å². The van der Waals surface area contributed by atoms with Crippen LogP contribution in [0, 0.1) is 0 Å². The largest absolute Gasteiger partial charge is 0.494 e. The molecule has 0 heterocycles. The normalized spacial score (nSPS) is 9.92. The van der Waals surface area contributed by atoms with Crippen LogP contribution in [0.3, 0.4) is 0 Å². The Morgan fingerprint density at radius 2 is 2.25 bits per heavy atom. The molecule has 0 saturated heterocycles. The van der Waals surface area contributed by atoms with Crippen molar-refractivity contribution in [2.75, 3.05) is 6.61 Å². The summed E-state index contributed by atoms with van der Waals surface area (Å²) in [7, 11) is 0. The van der Waals surface area contributed by atoms with Gasteiger partial charge in [-0.25, -0.2) is 0 Å². The second kappa shape index (κ2) is 4.73. The van der Waals surface area contributed by atoms with Crippen LogP contribution in [0.2, 0.25) is 5.02 Å². The van der Waals surface area contributed by atoms with Crippen LogP contribution in [-0.4, -0.2) is 6.61 Å². The standard InChI is InChI=1S/C9H10BrClO/c1-2-12-9-5-3-4-8(11)7(9)6-10/h3-5H,2,6H2,1H3. The Morgan fingerprint density at radius 3 is 2.83 bits per heavy atom. The van der Waals surface area contributed by atoms with E-state index in [9.17, 15) is 0 Å². The molecule has 0 aliphatic rings. The van der Waals surface area contributed by atoms with Crippen molar-refractivity contribution in [1.82, 2.24) is 0 Å². The Balaban J connectivity index is 3.00. The number of hydrogen-bond acceptors (Lipinski definition) is 1. The minimum Gasteiger partial charge on any atom is -0.494 e. The maximum absolute atomic E-state index is 5.96. The zero-order valence-corrected chi connectivity index (χ0v) is 9.15. The predicted octanol–water partition coefficient (Wildman–Crippen LogP) is 3.63. The minimum absolute atomic E-state index is 0.667. The number of hydrogen-bond donors (Lipinski definition) is 0. The second-order valence-corrected chi connectivity index (χ2v) is 3.25. The molecular formula is C9H10BrClO. The second-order valence-electron chi connectivity index (χ2n) is 2.28. The van der Waals surface area contributed by atoms with E-state index in [0.717, 1.165) is 21.7 Å². The Hall–Kier alpha value is -0.210. The molecule has 0 aromatic heterocycles. The molecule has 0 amide bonds. The molecule has 0 N–H and O–H groups in total. The van der Waals surface area contributed by atoms with Gasteiger partial charge in [0, 0.05) is 15.9 Å². The third-order valence-corrected chi connectivity index (χ3v) is 2.42. The molecule has 1 aromatic rings. The summed E-state index contributed by atoms with van der Waals surface area (Å²) in [6.07, 6.45) is 0. The molecule has 12 heavy (non-hydrogen) atoms. The maximum atomic E-state index is 5.96. The summed E-state index contributed by atoms with van der Waals surface area (Å²) in [5.41, 5.74) is 1.01. The van der Waals surface area contributed by atoms with Crippen LogP contribution >= 0.6 is 27.5 Å². The lowest BCUT2D eigenvalue weighted by Gasteiger charge is -2.08. The summed E-state index contributed by atoms with van der Waals surface area (Å²) >= 11 is 9.32. The van der Waals surface area contributed by atoms with Crippen molar-refractivity contribution in [3.63, 3.8) is 0 Å². The number of benzene rings is 1. The van der Waals surface area contributed by atoms with Gasteiger partial charge >= 0.3 is 0 Å². The minimum atomic E-state index is 0.667. The first-order valence-electron chi connectivity index (χ1n) is 3.75. The highest BCUT2D eigenvalue weighted by molar-refractivity contribution is 9.08. The topological polar surface area (TPSA) is 9.23 Å². The Bertz CT molecular complexity index is 263. The smallest absolute Gasteiger partial charge is 0.124 e. The molecule has 0 atom stereocenters. The van der Waals surface area contributed by atoms with Crippen LogP contribution in [-0.2, 0) is 5.33 Å². The van der Waals surface area contributed by atoms with Gasteiger partial charge in [0.2, 0.25) is 0 Å². The average molecular weight is 250 g/mol. The van der Waals surface area contributed by atoms with E-state index in [-0.39, 0.29) is 0 Å². The van der Waals surface area contributed by atoms with E-state index in [1.165, 1.54) is 0 Å². The lowest BCUT2D eigenvalue weighted by atomic mass is 10.2. The quantitative estimate of drug-likeness (QED) is 0.743. The van der Waals surface area contributed by atoms with Gasteiger partial charge in [-0.05, 0) is 19.1 Å². The van der Waals surface area contributed by atoms with Crippen molar-refractivity contribution in [1.29, 1.82) is 0 Å². The molecule has 66 valence electrons. The molecule has 3 heteroatoms. The molecular weight excluding hydrogens is 239 g/mol. The van der Waals surface area contributed by atoms with E-state index in [0.29, 0.717) is 6.61 Å². The monoisotopic (exact) mass is 248 g/mol. The van der Waals surface area contributed by atoms with Crippen LogP contribution in [0.25, 0.3) is 0 Å². The highest BCUT2D eigenvalue weighted by atomic mass is 79.9. The molecule has 0 spiro atoms. The molecule has 0 aliphatic heterocycles. The fourth-order valence-electron chi connectivity index (χ4n) is 0.959. The lowest BCUT2D eigenvalue weighted by Crippen LogP contribution is -1.95. The molecule has 0 aliphatic carbocycles. The summed E-state index contributed by atoms with van der Waals surface area (Å²) in [5.74, 6) is 0.863. The van der Waals surface area contributed by atoms with E-state index < -0.39 is 0 Å². The fourth-order valence-corrected chi connectivity index (χ4v) is 1.93. The zero-order chi connectivity index (χ0) is 8.97. The summed E-state index contributed by atoms with van der Waals surface area (Å²) in [6, 6.07) is 5.67. The molecule has 1 aromatic carbocycles. The highest BCUT2D eigenvalue weighted by Gasteiger charge is 2.05. The van der Waals surface area contributed by atoms with Gasteiger partial charge in [-0.3, -0.25) is 0 Å². The summed E-state index contributed by atoms with van der Waals surface area (Å²) in [5, 5.41) is 1.47. The van der Waals surface area contributed by atoms with Crippen molar-refractivity contribution in [3.8, 4) is 5.75 Å². The predicted molar refractivity (Wildman–Crippen MR) is 55.3 cm³/mol. The van der Waals surface area contributed by atoms with Crippen molar-refractivity contribution in [3.05, 3.63) is 28.8 Å². The molecule has 0 bridgehead atoms. The third-order valence-electron chi connectivity index (χ3n) is 1.51. The van der Waals surface area contributed by atoms with Gasteiger partial charge in [-0.1, -0.05) is 33.6 Å². The van der Waals surface area contributed by atoms with Crippen LogP contribution in [0.15, 0.2) is 18.2 Å². The van der Waals surface area contributed by atoms with Crippen LogP contribution in [0.4, 0.5) is 0 Å². The lowest BCUT2D eigenvalue weighted by molar-refractivity contribution is 0.338. The van der Waals surface area contributed by atoms with Gasteiger partial charge in [-0.2, -0.15) is 0 Å². The number of rotatable bonds is 3. The SMILES string of the molecule is CCOc1cccc(Cl)c1CBr. The van der Waals surface area contributed by atoms with Gasteiger partial charge in [0.25, 0.3) is 0 Å². The molecule has 1 nitrogen and oxygen atoms in total. The number of alkyl halides is 1. The Morgan fingerprint density at radius 1 is 1.50 bits per heavy atom.